The maximum atomic E-state index is 2.31. The van der Waals surface area contributed by atoms with Crippen LogP contribution in [-0.4, -0.2) is 23.1 Å². The molecule has 0 aliphatic heterocycles. The van der Waals surface area contributed by atoms with Crippen LogP contribution in [0.15, 0.2) is 0 Å². The summed E-state index contributed by atoms with van der Waals surface area (Å²) in [5.41, 5.74) is 0. The molecule has 0 aromatic heterocycles. The van der Waals surface area contributed by atoms with Crippen molar-refractivity contribution >= 4 is 17.6 Å². The Labute approximate surface area is 63.0 Å². The van der Waals surface area contributed by atoms with Crippen molar-refractivity contribution in [3.05, 3.63) is 0 Å². The van der Waals surface area contributed by atoms with Gasteiger partial charge in [-0.25, -0.2) is 0 Å². The fraction of sp³-hybridized carbons (Fsp3) is 1.00. The second-order valence-electron chi connectivity index (χ2n) is 3.46. The summed E-state index contributed by atoms with van der Waals surface area (Å²) in [6.07, 6.45) is 0. The van der Waals surface area contributed by atoms with Gasteiger partial charge in [-0.1, -0.05) is 39.3 Å². The van der Waals surface area contributed by atoms with Crippen LogP contribution in [0.2, 0.25) is 39.3 Å². The van der Waals surface area contributed by atoms with Gasteiger partial charge < -0.3 is 5.48 Å². The molecule has 0 fully saturated rings. The molecule has 0 aromatic carbocycles. The van der Waals surface area contributed by atoms with E-state index in [2.05, 4.69) is 39.3 Å². The van der Waals surface area contributed by atoms with Gasteiger partial charge in [0, 0.05) is 17.6 Å². The minimum Gasteiger partial charge on any atom is -0.412 e. The van der Waals surface area contributed by atoms with Crippen molar-refractivity contribution in [1.82, 2.24) is 0 Å². The maximum absolute atomic E-state index is 2.31. The van der Waals surface area contributed by atoms with E-state index in [4.69, 9.17) is 0 Å². The molecule has 0 spiro atoms. The third-order valence-electron chi connectivity index (χ3n) is 0. The molecule has 60 valence electrons. The molecule has 2 N–H and O–H groups in total. The van der Waals surface area contributed by atoms with Crippen LogP contribution in [-0.2, 0) is 0 Å². The summed E-state index contributed by atoms with van der Waals surface area (Å²) >= 11 is 0. The van der Waals surface area contributed by atoms with Gasteiger partial charge in [0.15, 0.2) is 0 Å². The van der Waals surface area contributed by atoms with Crippen LogP contribution >= 0.6 is 0 Å². The number of hydrogen-bond donors (Lipinski definition) is 0. The molecule has 0 rings (SSSR count). The van der Waals surface area contributed by atoms with E-state index < -0.39 is 0 Å². The molecule has 0 aromatic rings. The van der Waals surface area contributed by atoms with Crippen LogP contribution in [0.4, 0.5) is 0 Å². The average molecular weight is 166 g/mol. The summed E-state index contributed by atoms with van der Waals surface area (Å²) in [5, 5.41) is 0. The minimum absolute atomic E-state index is 0. The lowest BCUT2D eigenvalue weighted by Crippen LogP contribution is -1.84. The van der Waals surface area contributed by atoms with Crippen molar-refractivity contribution in [1.29, 1.82) is 0 Å². The summed E-state index contributed by atoms with van der Waals surface area (Å²) in [4.78, 5) is 0. The van der Waals surface area contributed by atoms with E-state index in [0.717, 1.165) is 0 Å². The molecular weight excluding hydrogens is 144 g/mol. The van der Waals surface area contributed by atoms with E-state index in [1.807, 2.05) is 0 Å². The van der Waals surface area contributed by atoms with Crippen molar-refractivity contribution in [2.45, 2.75) is 39.3 Å². The first-order valence-electron chi connectivity index (χ1n) is 3.46. The molecule has 0 unspecified atom stereocenters. The Morgan fingerprint density at radius 3 is 0.556 bits per heavy atom. The zero-order valence-electron chi connectivity index (χ0n) is 7.65. The van der Waals surface area contributed by atoms with E-state index in [9.17, 15) is 0 Å². The summed E-state index contributed by atoms with van der Waals surface area (Å²) in [5.74, 6) is 0. The van der Waals surface area contributed by atoms with Crippen molar-refractivity contribution in [2.75, 3.05) is 0 Å². The second kappa shape index (κ2) is 11.2. The molecule has 0 aliphatic carbocycles. The molecule has 0 heterocycles. The Kier molecular flexibility index (Phi) is 20.2. The molecular formula is C6H22OSi2. The van der Waals surface area contributed by atoms with Crippen LogP contribution in [0.1, 0.15) is 0 Å². The van der Waals surface area contributed by atoms with Crippen LogP contribution in [0.25, 0.3) is 0 Å². The van der Waals surface area contributed by atoms with Crippen LogP contribution in [0.5, 0.6) is 0 Å². The maximum Gasteiger partial charge on any atom is 0.0274 e. The largest absolute Gasteiger partial charge is 0.412 e. The minimum atomic E-state index is -0.139. The van der Waals surface area contributed by atoms with E-state index in [1.54, 1.807) is 0 Å². The molecule has 1 nitrogen and oxygen atoms in total. The first kappa shape index (κ1) is 16.2. The van der Waals surface area contributed by atoms with Crippen molar-refractivity contribution in [2.24, 2.45) is 0 Å². The molecule has 0 saturated heterocycles. The third-order valence-corrected chi connectivity index (χ3v) is 0. The summed E-state index contributed by atoms with van der Waals surface area (Å²) in [7, 11) is -0.278. The Hall–Kier alpha value is 0.394. The monoisotopic (exact) mass is 166 g/mol. The highest BCUT2D eigenvalue weighted by Gasteiger charge is 1.71. The summed E-state index contributed by atoms with van der Waals surface area (Å²) < 4.78 is 0. The normalized spacial score (nSPS) is 8.00. The summed E-state index contributed by atoms with van der Waals surface area (Å²) in [6, 6.07) is 0. The van der Waals surface area contributed by atoms with Crippen molar-refractivity contribution in [3.8, 4) is 0 Å². The number of hydrogen-bond acceptors (Lipinski definition) is 0. The molecule has 0 saturated carbocycles. The van der Waals surface area contributed by atoms with E-state index in [1.165, 1.54) is 0 Å². The smallest absolute Gasteiger partial charge is 0.0274 e. The first-order chi connectivity index (χ1) is 3.46. The lowest BCUT2D eigenvalue weighted by atomic mass is 11.8. The topological polar surface area (TPSA) is 31.5 Å². The van der Waals surface area contributed by atoms with Gasteiger partial charge in [0.25, 0.3) is 0 Å². The van der Waals surface area contributed by atoms with E-state index in [0.29, 0.717) is 0 Å². The molecule has 0 amide bonds. The fourth-order valence-electron chi connectivity index (χ4n) is 0. The Bertz CT molecular complexity index is 26.5. The van der Waals surface area contributed by atoms with Gasteiger partial charge in [-0.2, -0.15) is 0 Å². The highest BCUT2D eigenvalue weighted by molar-refractivity contribution is 6.54. The quantitative estimate of drug-likeness (QED) is 0.487. The first-order valence-corrected chi connectivity index (χ1v) is 10.4. The van der Waals surface area contributed by atoms with Gasteiger partial charge in [0.05, 0.1) is 0 Å². The Morgan fingerprint density at radius 1 is 0.556 bits per heavy atom. The zero-order valence-corrected chi connectivity index (χ0v) is 9.96. The van der Waals surface area contributed by atoms with E-state index >= 15 is 0 Å². The average Bonchev–Trinajstić information content (AvgIpc) is 1.25. The van der Waals surface area contributed by atoms with Crippen LogP contribution in [0, 0.1) is 0 Å². The molecule has 0 aliphatic rings. The van der Waals surface area contributed by atoms with Crippen molar-refractivity contribution in [3.63, 3.8) is 0 Å². The predicted molar refractivity (Wildman–Crippen MR) is 53.1 cm³/mol. The number of rotatable bonds is 0. The molecule has 9 heavy (non-hydrogen) atoms. The highest BCUT2D eigenvalue weighted by Crippen LogP contribution is 1.68. The Balaban J connectivity index is -0.0000000720. The van der Waals surface area contributed by atoms with Crippen LogP contribution < -0.4 is 0 Å². The van der Waals surface area contributed by atoms with Gasteiger partial charge in [0.2, 0.25) is 0 Å². The molecule has 0 bridgehead atoms. The standard InChI is InChI=1S/2C3H10Si.H2O/c2*1-4(2)3;/h2*4H,1-3H3;1H2. The molecule has 0 radical (unpaired) electrons. The zero-order chi connectivity index (χ0) is 7.15. The van der Waals surface area contributed by atoms with Gasteiger partial charge in [-0.05, 0) is 0 Å². The Morgan fingerprint density at radius 2 is 0.556 bits per heavy atom. The second-order valence-corrected chi connectivity index (χ2v) is 10.4. The predicted octanol–water partition coefficient (Wildman–Crippen LogP) is 1.38. The highest BCUT2D eigenvalue weighted by atomic mass is 28.3. The van der Waals surface area contributed by atoms with Gasteiger partial charge in [-0.3, -0.25) is 0 Å². The molecule has 3 heteroatoms. The van der Waals surface area contributed by atoms with Gasteiger partial charge >= 0.3 is 0 Å². The lowest BCUT2D eigenvalue weighted by molar-refractivity contribution is 0.824. The van der Waals surface area contributed by atoms with Gasteiger partial charge in [-0.15, -0.1) is 0 Å². The van der Waals surface area contributed by atoms with E-state index in [-0.39, 0.29) is 23.1 Å². The fourth-order valence-corrected chi connectivity index (χ4v) is 0. The van der Waals surface area contributed by atoms with Crippen LogP contribution in [0.3, 0.4) is 0 Å². The summed E-state index contributed by atoms with van der Waals surface area (Å²) in [6.45, 7) is 13.8. The third kappa shape index (κ3) is 2210. The lowest BCUT2D eigenvalue weighted by Gasteiger charge is -1.75. The molecule has 0 atom stereocenters. The van der Waals surface area contributed by atoms with Gasteiger partial charge in [0.1, 0.15) is 0 Å². The SMILES string of the molecule is C[SiH](C)C.C[SiH](C)C.O. The van der Waals surface area contributed by atoms with Crippen molar-refractivity contribution < 1.29 is 5.48 Å².